The van der Waals surface area contributed by atoms with E-state index >= 15 is 0 Å². The van der Waals surface area contributed by atoms with E-state index in [0.717, 1.165) is 25.7 Å². The van der Waals surface area contributed by atoms with Crippen LogP contribution in [0.3, 0.4) is 0 Å². The van der Waals surface area contributed by atoms with Gasteiger partial charge in [-0.15, -0.1) is 0 Å². The highest BCUT2D eigenvalue weighted by atomic mass is 32.2. The molecule has 1 amide bonds. The van der Waals surface area contributed by atoms with Crippen molar-refractivity contribution >= 4 is 16.1 Å². The van der Waals surface area contributed by atoms with Gasteiger partial charge in [0, 0.05) is 43.3 Å². The van der Waals surface area contributed by atoms with Gasteiger partial charge >= 0.3 is 0 Å². The number of amides is 1. The van der Waals surface area contributed by atoms with Gasteiger partial charge in [-0.1, -0.05) is 5.16 Å². The van der Waals surface area contributed by atoms with Gasteiger partial charge in [-0.2, -0.15) is 17.0 Å². The number of fused-ring (bicyclic) bond motifs is 3. The molecule has 1 aliphatic carbocycles. The monoisotopic (exact) mass is 465 g/mol. The number of nitrogens with one attached hydrogen (secondary N) is 1. The first-order chi connectivity index (χ1) is 15.4. The average molecular weight is 466 g/mol. The molecule has 6 rings (SSSR count). The smallest absolute Gasteiger partial charge is 0.282 e. The molecule has 176 valence electrons. The van der Waals surface area contributed by atoms with Crippen molar-refractivity contribution in [1.82, 2.24) is 19.1 Å². The fourth-order valence-corrected chi connectivity index (χ4v) is 8.66. The highest BCUT2D eigenvalue weighted by Gasteiger charge is 2.52. The van der Waals surface area contributed by atoms with Crippen LogP contribution in [0.25, 0.3) is 0 Å². The lowest BCUT2D eigenvalue weighted by molar-refractivity contribution is -0.00228. The summed E-state index contributed by atoms with van der Waals surface area (Å²) in [5.74, 6) is 1.39. The molecule has 32 heavy (non-hydrogen) atoms. The normalized spacial score (nSPS) is 38.0. The number of hydrogen-bond donors (Lipinski definition) is 2. The van der Waals surface area contributed by atoms with E-state index in [1.54, 1.807) is 14.7 Å². The average Bonchev–Trinajstić information content (AvgIpc) is 3.43. The Kier molecular flexibility index (Phi) is 5.10. The van der Waals surface area contributed by atoms with Crippen LogP contribution in [-0.4, -0.2) is 78.6 Å². The highest BCUT2D eigenvalue weighted by Crippen LogP contribution is 2.43. The van der Waals surface area contributed by atoms with Gasteiger partial charge in [-0.3, -0.25) is 4.79 Å². The molecular weight excluding hydrogens is 434 g/mol. The van der Waals surface area contributed by atoms with E-state index in [0.29, 0.717) is 56.7 Å². The first kappa shape index (κ1) is 21.0. The number of rotatable bonds is 5. The zero-order chi connectivity index (χ0) is 22.0. The second-order valence-corrected chi connectivity index (χ2v) is 12.1. The third-order valence-electron chi connectivity index (χ3n) is 8.15. The van der Waals surface area contributed by atoms with Crippen LogP contribution >= 0.6 is 0 Å². The van der Waals surface area contributed by atoms with Crippen molar-refractivity contribution in [1.29, 1.82) is 0 Å². The molecule has 3 N–H and O–H groups in total. The van der Waals surface area contributed by atoms with Crippen LogP contribution in [0.2, 0.25) is 0 Å². The predicted molar refractivity (Wildman–Crippen MR) is 114 cm³/mol. The number of ether oxygens (including phenoxy) is 1. The van der Waals surface area contributed by atoms with Crippen molar-refractivity contribution in [2.75, 3.05) is 26.3 Å². The highest BCUT2D eigenvalue weighted by molar-refractivity contribution is 7.86. The van der Waals surface area contributed by atoms with Crippen LogP contribution in [0.15, 0.2) is 10.6 Å². The topological polar surface area (TPSA) is 131 Å². The van der Waals surface area contributed by atoms with E-state index in [1.807, 2.05) is 0 Å². The summed E-state index contributed by atoms with van der Waals surface area (Å²) in [5.41, 5.74) is 6.34. The molecule has 0 spiro atoms. The largest absolute Gasteiger partial charge is 0.380 e. The van der Waals surface area contributed by atoms with Gasteiger partial charge in [0.1, 0.15) is 5.76 Å². The molecule has 1 aromatic heterocycles. The van der Waals surface area contributed by atoms with Crippen molar-refractivity contribution in [3.8, 4) is 0 Å². The van der Waals surface area contributed by atoms with E-state index in [4.69, 9.17) is 15.0 Å². The molecule has 6 atom stereocenters. The number of hydrogen-bond acceptors (Lipinski definition) is 7. The summed E-state index contributed by atoms with van der Waals surface area (Å²) in [6.45, 7) is 2.38. The molecule has 4 aliphatic heterocycles. The van der Waals surface area contributed by atoms with Crippen LogP contribution in [0, 0.1) is 11.8 Å². The molecule has 2 unspecified atom stereocenters. The number of aromatic nitrogens is 1. The SMILES string of the molecule is NC1C[C@@H]2CN(S(=O)(=O)N3[C@@H]4CC[C@H]3CC(NC(=O)c3cc(C5COC5)on3)C4)C[C@@H]2C1. The molecule has 5 heterocycles. The Labute approximate surface area is 188 Å². The maximum atomic E-state index is 13.5. The van der Waals surface area contributed by atoms with Crippen LogP contribution in [0.4, 0.5) is 0 Å². The minimum atomic E-state index is -3.49. The zero-order valence-electron chi connectivity index (χ0n) is 18.1. The summed E-state index contributed by atoms with van der Waals surface area (Å²) in [4.78, 5) is 12.7. The molecule has 1 aromatic rings. The Morgan fingerprint density at radius 2 is 1.75 bits per heavy atom. The Morgan fingerprint density at radius 3 is 2.34 bits per heavy atom. The van der Waals surface area contributed by atoms with Gasteiger partial charge in [-0.25, -0.2) is 0 Å². The van der Waals surface area contributed by atoms with Crippen LogP contribution in [0.5, 0.6) is 0 Å². The van der Waals surface area contributed by atoms with Gasteiger partial charge < -0.3 is 20.3 Å². The van der Waals surface area contributed by atoms with Gasteiger partial charge in [0.05, 0.1) is 19.1 Å². The quantitative estimate of drug-likeness (QED) is 0.645. The Bertz CT molecular complexity index is 966. The summed E-state index contributed by atoms with van der Waals surface area (Å²) in [5, 5.41) is 6.97. The second-order valence-electron chi connectivity index (χ2n) is 10.3. The lowest BCUT2D eigenvalue weighted by Crippen LogP contribution is -2.55. The molecule has 2 bridgehead atoms. The van der Waals surface area contributed by atoms with E-state index in [-0.39, 0.29) is 41.7 Å². The Hall–Kier alpha value is -1.53. The standard InChI is InChI=1S/C21H31N5O5S/c22-15-3-12-8-25(9-13(12)4-15)32(28,29)26-17-1-2-18(26)6-16(5-17)23-21(27)19-7-20(31-24-19)14-10-30-11-14/h7,12-18H,1-6,8-11,22H2,(H,23,27)/t12-,13+,15?,16?,17-,18+. The van der Waals surface area contributed by atoms with Crippen molar-refractivity contribution in [3.05, 3.63) is 17.5 Å². The summed E-state index contributed by atoms with van der Waals surface area (Å²) in [7, 11) is -3.49. The van der Waals surface area contributed by atoms with Crippen LogP contribution < -0.4 is 11.1 Å². The van der Waals surface area contributed by atoms with Crippen molar-refractivity contribution in [2.24, 2.45) is 17.6 Å². The molecule has 1 saturated carbocycles. The van der Waals surface area contributed by atoms with Crippen molar-refractivity contribution < 1.29 is 22.5 Å². The lowest BCUT2D eigenvalue weighted by atomic mass is 9.99. The van der Waals surface area contributed by atoms with E-state index in [9.17, 15) is 13.2 Å². The van der Waals surface area contributed by atoms with Gasteiger partial charge in [0.15, 0.2) is 5.69 Å². The molecule has 0 radical (unpaired) electrons. The van der Waals surface area contributed by atoms with Crippen molar-refractivity contribution in [3.63, 3.8) is 0 Å². The lowest BCUT2D eigenvalue weighted by Gasteiger charge is -2.40. The molecule has 11 heteroatoms. The predicted octanol–water partition coefficient (Wildman–Crippen LogP) is 0.428. The van der Waals surface area contributed by atoms with Crippen LogP contribution in [0.1, 0.15) is 60.7 Å². The first-order valence-electron chi connectivity index (χ1n) is 11.8. The molecule has 5 fully saturated rings. The number of nitrogens with two attached hydrogens (primary N) is 1. The third-order valence-corrected chi connectivity index (χ3v) is 10.2. The minimum absolute atomic E-state index is 0.0606. The van der Waals surface area contributed by atoms with E-state index < -0.39 is 10.2 Å². The molecule has 4 saturated heterocycles. The number of carbonyl (C=O) groups excluding carboxylic acids is 1. The van der Waals surface area contributed by atoms with Gasteiger partial charge in [0.25, 0.3) is 16.1 Å². The molecule has 10 nitrogen and oxygen atoms in total. The fraction of sp³-hybridized carbons (Fsp3) is 0.810. The maximum absolute atomic E-state index is 13.5. The Balaban J connectivity index is 1.09. The minimum Gasteiger partial charge on any atom is -0.380 e. The summed E-state index contributed by atoms with van der Waals surface area (Å²) in [6, 6.07) is 1.72. The Morgan fingerprint density at radius 1 is 1.09 bits per heavy atom. The third kappa shape index (κ3) is 3.49. The second kappa shape index (κ2) is 7.76. The van der Waals surface area contributed by atoms with Gasteiger partial charge in [-0.05, 0) is 50.4 Å². The fourth-order valence-electron chi connectivity index (χ4n) is 6.50. The molecule has 5 aliphatic rings. The molecule has 0 aromatic carbocycles. The van der Waals surface area contributed by atoms with Crippen molar-refractivity contribution in [2.45, 2.75) is 68.6 Å². The summed E-state index contributed by atoms with van der Waals surface area (Å²) < 4.78 is 40.9. The molecular formula is C21H31N5O5S. The maximum Gasteiger partial charge on any atom is 0.282 e. The number of nitrogens with zero attached hydrogens (tertiary/aromatic N) is 3. The van der Waals surface area contributed by atoms with Crippen LogP contribution in [-0.2, 0) is 14.9 Å². The van der Waals surface area contributed by atoms with E-state index in [1.165, 1.54) is 0 Å². The summed E-state index contributed by atoms with van der Waals surface area (Å²) in [6.07, 6.45) is 4.81. The van der Waals surface area contributed by atoms with Gasteiger partial charge in [0.2, 0.25) is 0 Å². The number of piperidine rings is 1. The zero-order valence-corrected chi connectivity index (χ0v) is 18.9. The first-order valence-corrected chi connectivity index (χ1v) is 13.2. The summed E-state index contributed by atoms with van der Waals surface area (Å²) >= 11 is 0. The van der Waals surface area contributed by atoms with E-state index in [2.05, 4.69) is 10.5 Å². The number of carbonyl (C=O) groups is 1.